The van der Waals surface area contributed by atoms with Gasteiger partial charge in [0.15, 0.2) is 0 Å². The number of carbonyl (C=O) groups is 10. The van der Waals surface area contributed by atoms with E-state index in [-0.39, 0.29) is 147 Å². The fourth-order valence-electron chi connectivity index (χ4n) is 7.05. The van der Waals surface area contributed by atoms with E-state index in [1.165, 1.54) is 0 Å². The van der Waals surface area contributed by atoms with Crippen LogP contribution >= 0.6 is 0 Å². The summed E-state index contributed by atoms with van der Waals surface area (Å²) in [6, 6.07) is 0. The molecule has 0 saturated carbocycles. The van der Waals surface area contributed by atoms with Gasteiger partial charge in [0, 0.05) is 225 Å². The summed E-state index contributed by atoms with van der Waals surface area (Å²) in [5, 5.41) is 28.0. The maximum Gasteiger partial charge on any atom is 0.222 e. The number of methoxy groups -OCH3 is 2. The summed E-state index contributed by atoms with van der Waals surface area (Å²) >= 11 is 0. The third-order valence-corrected chi connectivity index (χ3v) is 14.4. The number of amides is 10. The number of hydrogen-bond donors (Lipinski definition) is 10. The van der Waals surface area contributed by atoms with Crippen LogP contribution in [0.4, 0.5) is 0 Å². The van der Waals surface area contributed by atoms with Crippen LogP contribution in [0.3, 0.4) is 0 Å². The van der Waals surface area contributed by atoms with Crippen LogP contribution in [0.1, 0.15) is 287 Å². The van der Waals surface area contributed by atoms with Gasteiger partial charge in [-0.2, -0.15) is 0 Å². The van der Waals surface area contributed by atoms with Crippen molar-refractivity contribution < 1.29 is 95.3 Å². The van der Waals surface area contributed by atoms with Crippen LogP contribution in [0, 0.1) is 59.2 Å². The Kier molecular flexibility index (Phi) is 137. The van der Waals surface area contributed by atoms with Crippen LogP contribution in [-0.4, -0.2) is 257 Å². The lowest BCUT2D eigenvalue weighted by Gasteiger charge is -2.09. The predicted molar refractivity (Wildman–Crippen MR) is 505 cm³/mol. The van der Waals surface area contributed by atoms with E-state index in [0.29, 0.717) is 78.9 Å². The van der Waals surface area contributed by atoms with Gasteiger partial charge in [-0.15, -0.1) is 0 Å². The molecule has 10 N–H and O–H groups in total. The molecule has 0 saturated heterocycles. The minimum Gasteiger partial charge on any atom is -0.385 e. The molecule has 0 radical (unpaired) electrons. The fourth-order valence-corrected chi connectivity index (χ4v) is 7.05. The van der Waals surface area contributed by atoms with Gasteiger partial charge in [-0.05, 0) is 98.8 Å². The molecule has 30 nitrogen and oxygen atoms in total. The van der Waals surface area contributed by atoms with E-state index in [4.69, 9.17) is 47.4 Å². The Morgan fingerprint density at radius 1 is 0.197 bits per heavy atom. The van der Waals surface area contributed by atoms with Gasteiger partial charge in [-0.3, -0.25) is 47.9 Å². The topological polar surface area (TPSA) is 383 Å². The van der Waals surface area contributed by atoms with Gasteiger partial charge in [0.05, 0.1) is 32.5 Å². The zero-order chi connectivity index (χ0) is 93.4. The SMILES string of the molecule is C.C.C.CC(C)OCCCNC(=O)C(C)C.CCCOCCCNC(=O)C(C)C.CCCOCCCNC(=O)C(C)C.CCCOCCNC(=O)C(C)C.CCCOCCNC(=O)C(C)C.CCOCCCNC(=O)C(C)C.CCOCCCNC(=O)C(C)C.CCOCCNC(=O)C(C)C.COCCCNC(=O)C(C)C.COCCNC(=O)C(C)C. The molecule has 0 unspecified atom stereocenters. The Labute approximate surface area is 748 Å². The molecule has 738 valence electrons. The third-order valence-electron chi connectivity index (χ3n) is 14.4. The third kappa shape index (κ3) is 138. The van der Waals surface area contributed by atoms with Crippen LogP contribution in [-0.2, 0) is 95.3 Å². The van der Waals surface area contributed by atoms with Crippen molar-refractivity contribution in [3.05, 3.63) is 0 Å². The molecule has 0 spiro atoms. The molecule has 0 atom stereocenters. The maximum absolute atomic E-state index is 11.1. The summed E-state index contributed by atoms with van der Waals surface area (Å²) in [5.41, 5.74) is 0. The summed E-state index contributed by atoms with van der Waals surface area (Å²) in [6.45, 7) is 74.8. The first-order valence-corrected chi connectivity index (χ1v) is 44.6. The van der Waals surface area contributed by atoms with Crippen molar-refractivity contribution in [2.45, 2.75) is 293 Å². The highest BCUT2D eigenvalue weighted by molar-refractivity contribution is 5.81. The molecule has 0 rings (SSSR count). The van der Waals surface area contributed by atoms with Crippen LogP contribution in [0.2, 0.25) is 0 Å². The first kappa shape index (κ1) is 145. The summed E-state index contributed by atoms with van der Waals surface area (Å²) in [5.74, 6) is 1.80. The second-order valence-electron chi connectivity index (χ2n) is 30.5. The zero-order valence-corrected chi connectivity index (χ0v) is 81.7. The summed E-state index contributed by atoms with van der Waals surface area (Å²) < 4.78 is 51.2. The molecule has 30 heteroatoms. The molecule has 0 aromatic rings. The van der Waals surface area contributed by atoms with Gasteiger partial charge in [0.25, 0.3) is 0 Å². The van der Waals surface area contributed by atoms with Gasteiger partial charge in [0.1, 0.15) is 0 Å². The first-order chi connectivity index (χ1) is 56.2. The standard InChI is InChI=1S/3C10H21NO2.4C9H19NO2.2C8H17NO2.C7H15NO2.3CH4/c1-8(2)10(12)11-6-5-7-13-9(3)4;2*1-4-7-13-8-5-6-11-10(12)9(2)3;2*1-4-12-7-5-6-10-9(11)8(2)3;2*1-4-6-12-7-5-10-9(11)8(2)3;1-7(2)8(10)9-5-4-6-11-3;1-4-11-6-5-9-8(10)7(2)3;1-6(2)7(9)8-4-5-10-3;;;/h8-9H,5-7H2,1-4H3,(H,11,12);2*9H,4-8H2,1-3H3,(H,11,12);4*8H,4-7H2,1-3H3,(H,10,11);2*7H,4-6H2,1-3H3,(H,9,10);6H,4-5H2,1-3H3,(H,8,9);3*1H4. The van der Waals surface area contributed by atoms with Gasteiger partial charge in [0.2, 0.25) is 59.1 Å². The van der Waals surface area contributed by atoms with Crippen molar-refractivity contribution in [2.24, 2.45) is 59.2 Å². The highest BCUT2D eigenvalue weighted by Gasteiger charge is 2.12. The molecular weight excluding hydrogens is 1570 g/mol. The average molecular weight is 1770 g/mol. The summed E-state index contributed by atoms with van der Waals surface area (Å²) in [7, 11) is 3.27. The monoisotopic (exact) mass is 1770 g/mol. The van der Waals surface area contributed by atoms with E-state index < -0.39 is 0 Å². The molecule has 0 aliphatic rings. The van der Waals surface area contributed by atoms with E-state index in [0.717, 1.165) is 163 Å². The lowest BCUT2D eigenvalue weighted by Crippen LogP contribution is -2.30. The van der Waals surface area contributed by atoms with Crippen molar-refractivity contribution in [2.75, 3.05) is 192 Å². The van der Waals surface area contributed by atoms with E-state index in [1.807, 2.05) is 173 Å². The average Bonchev–Trinajstić information content (AvgIpc) is 1.07. The van der Waals surface area contributed by atoms with Crippen molar-refractivity contribution in [1.82, 2.24) is 53.2 Å². The summed E-state index contributed by atoms with van der Waals surface area (Å²) in [4.78, 5) is 110. The predicted octanol–water partition coefficient (Wildman–Crippen LogP) is 13.4. The van der Waals surface area contributed by atoms with E-state index >= 15 is 0 Å². The van der Waals surface area contributed by atoms with Crippen LogP contribution in [0.15, 0.2) is 0 Å². The number of ether oxygens (including phenoxy) is 10. The van der Waals surface area contributed by atoms with Crippen molar-refractivity contribution in [3.63, 3.8) is 0 Å². The van der Waals surface area contributed by atoms with Gasteiger partial charge in [-0.1, -0.05) is 188 Å². The normalized spacial score (nSPS) is 10.1. The Morgan fingerprint density at radius 3 is 0.533 bits per heavy atom. The highest BCUT2D eigenvalue weighted by atomic mass is 16.5. The molecular formula is C92H200N10O20. The quantitative estimate of drug-likeness (QED) is 0.0253. The Hall–Kier alpha value is -5.70. The van der Waals surface area contributed by atoms with Gasteiger partial charge in [-0.25, -0.2) is 0 Å². The number of nitrogens with one attached hydrogen (secondary N) is 10. The number of hydrogen-bond acceptors (Lipinski definition) is 20. The molecule has 0 aliphatic heterocycles. The Morgan fingerprint density at radius 2 is 0.352 bits per heavy atom. The number of carbonyl (C=O) groups excluding carboxylic acids is 10. The smallest absolute Gasteiger partial charge is 0.222 e. The highest BCUT2D eigenvalue weighted by Crippen LogP contribution is 1.99. The Balaban J connectivity index is -0.0000000982. The van der Waals surface area contributed by atoms with Gasteiger partial charge >= 0.3 is 0 Å². The molecule has 0 aromatic carbocycles. The Bertz CT molecular complexity index is 2050. The minimum absolute atomic E-state index is 0. The fraction of sp³-hybridized carbons (Fsp3) is 0.891. The lowest BCUT2D eigenvalue weighted by atomic mass is 10.2. The molecule has 0 heterocycles. The lowest BCUT2D eigenvalue weighted by molar-refractivity contribution is -0.125. The largest absolute Gasteiger partial charge is 0.385 e. The van der Waals surface area contributed by atoms with E-state index in [2.05, 4.69) is 80.9 Å². The maximum atomic E-state index is 11.1. The molecule has 0 aromatic heterocycles. The molecule has 10 amide bonds. The van der Waals surface area contributed by atoms with Crippen molar-refractivity contribution >= 4 is 59.1 Å². The second-order valence-corrected chi connectivity index (χ2v) is 30.5. The zero-order valence-electron chi connectivity index (χ0n) is 81.7. The van der Waals surface area contributed by atoms with Gasteiger partial charge < -0.3 is 101 Å². The van der Waals surface area contributed by atoms with E-state index in [1.54, 1.807) is 14.2 Å². The first-order valence-electron chi connectivity index (χ1n) is 44.6. The van der Waals surface area contributed by atoms with Crippen LogP contribution in [0.25, 0.3) is 0 Å². The van der Waals surface area contributed by atoms with Crippen molar-refractivity contribution in [1.29, 1.82) is 0 Å². The van der Waals surface area contributed by atoms with E-state index in [9.17, 15) is 47.9 Å². The van der Waals surface area contributed by atoms with Crippen molar-refractivity contribution in [3.8, 4) is 0 Å². The van der Waals surface area contributed by atoms with Crippen LogP contribution in [0.5, 0.6) is 0 Å². The molecule has 122 heavy (non-hydrogen) atoms. The molecule has 0 bridgehead atoms. The molecule has 0 aliphatic carbocycles. The molecule has 0 fully saturated rings. The minimum atomic E-state index is 0. The summed E-state index contributed by atoms with van der Waals surface area (Å²) in [6.07, 6.45) is 9.80. The number of rotatable bonds is 58. The second kappa shape index (κ2) is 115. The van der Waals surface area contributed by atoms with Crippen LogP contribution < -0.4 is 53.2 Å².